The van der Waals surface area contributed by atoms with Gasteiger partial charge in [0.05, 0.1) is 13.2 Å². The second-order valence-electron chi connectivity index (χ2n) is 7.38. The molecule has 0 aliphatic carbocycles. The van der Waals surface area contributed by atoms with Gasteiger partial charge in [0.25, 0.3) is 0 Å². The van der Waals surface area contributed by atoms with Crippen molar-refractivity contribution in [2.24, 2.45) is 5.73 Å². The first-order valence-corrected chi connectivity index (χ1v) is 12.7. The highest BCUT2D eigenvalue weighted by atomic mass is 32.2. The monoisotopic (exact) mass is 475 g/mol. The largest absolute Gasteiger partial charge is 0.465 e. The Balaban J connectivity index is 4.56. The number of esters is 2. The van der Waals surface area contributed by atoms with Gasteiger partial charge in [-0.15, -0.1) is 0 Å². The number of unbranched alkanes of at least 4 members (excludes halogenated alkanes) is 5. The summed E-state index contributed by atoms with van der Waals surface area (Å²) in [6, 6.07) is -1.68. The van der Waals surface area contributed by atoms with E-state index < -0.39 is 29.9 Å². The fourth-order valence-electron chi connectivity index (χ4n) is 2.78. The molecule has 186 valence electrons. The molecule has 0 aromatic heterocycles. The molecule has 10 heteroatoms. The number of carbonyl (C=O) groups is 4. The van der Waals surface area contributed by atoms with Crippen molar-refractivity contribution in [3.63, 3.8) is 0 Å². The Kier molecular flexibility index (Phi) is 18.7. The molecule has 2 atom stereocenters. The predicted molar refractivity (Wildman–Crippen MR) is 126 cm³/mol. The molecule has 0 rings (SSSR count). The third-order valence-electron chi connectivity index (χ3n) is 4.56. The van der Waals surface area contributed by atoms with E-state index in [0.717, 1.165) is 18.6 Å². The van der Waals surface area contributed by atoms with Crippen LogP contribution < -0.4 is 16.4 Å². The Hall–Kier alpha value is -1.81. The Morgan fingerprint density at radius 3 is 2.25 bits per heavy atom. The second-order valence-corrected chi connectivity index (χ2v) is 8.53. The van der Waals surface area contributed by atoms with Crippen LogP contribution in [0.1, 0.15) is 72.1 Å². The molecule has 32 heavy (non-hydrogen) atoms. The molecule has 0 spiro atoms. The van der Waals surface area contributed by atoms with Crippen molar-refractivity contribution >= 4 is 35.5 Å². The van der Waals surface area contributed by atoms with Gasteiger partial charge in [-0.3, -0.25) is 19.2 Å². The number of hydrogen-bond acceptors (Lipinski definition) is 8. The lowest BCUT2D eigenvalue weighted by Crippen LogP contribution is -2.49. The van der Waals surface area contributed by atoms with Crippen LogP contribution in [-0.2, 0) is 28.7 Å². The molecule has 0 fully saturated rings. The summed E-state index contributed by atoms with van der Waals surface area (Å²) in [6.45, 7) is 5.74. The van der Waals surface area contributed by atoms with Gasteiger partial charge in [0, 0.05) is 12.2 Å². The summed E-state index contributed by atoms with van der Waals surface area (Å²) in [7, 11) is 0. The number of amides is 2. The van der Waals surface area contributed by atoms with Crippen LogP contribution in [0.25, 0.3) is 0 Å². The van der Waals surface area contributed by atoms with Crippen LogP contribution in [0.5, 0.6) is 0 Å². The topological polar surface area (TPSA) is 137 Å². The Morgan fingerprint density at radius 1 is 0.938 bits per heavy atom. The number of hydrogen-bond donors (Lipinski definition) is 3. The molecule has 0 heterocycles. The van der Waals surface area contributed by atoms with Crippen molar-refractivity contribution in [1.29, 1.82) is 0 Å². The minimum Gasteiger partial charge on any atom is -0.465 e. The number of ether oxygens (including phenoxy) is 2. The maximum absolute atomic E-state index is 12.5. The van der Waals surface area contributed by atoms with Crippen LogP contribution in [0.15, 0.2) is 0 Å². The molecule has 0 aromatic rings. The Bertz CT molecular complexity index is 562. The second kappa shape index (κ2) is 19.8. The lowest BCUT2D eigenvalue weighted by molar-refractivity contribution is -0.145. The molecule has 0 aromatic carbocycles. The maximum atomic E-state index is 12.5. The quantitative estimate of drug-likeness (QED) is 0.190. The van der Waals surface area contributed by atoms with Crippen molar-refractivity contribution in [3.05, 3.63) is 0 Å². The smallest absolute Gasteiger partial charge is 0.325 e. The predicted octanol–water partition coefficient (Wildman–Crippen LogP) is 1.91. The van der Waals surface area contributed by atoms with Crippen LogP contribution in [0.4, 0.5) is 0 Å². The standard InChI is InChI=1S/C22H41N3O6S/c1-4-7-8-9-10-11-14-32-16-18(21(28)24-15-20(27)30-5-2)25-19(26)13-12-17(23)22(29)31-6-3/h17-18H,4-16,23H2,1-3H3,(H,24,28)(H,25,26). The minimum absolute atomic E-state index is 0.0102. The third kappa shape index (κ3) is 15.9. The molecule has 2 unspecified atom stereocenters. The summed E-state index contributed by atoms with van der Waals surface area (Å²) in [5.74, 6) is -0.654. The first kappa shape index (κ1) is 30.2. The average Bonchev–Trinajstić information content (AvgIpc) is 2.77. The van der Waals surface area contributed by atoms with Crippen LogP contribution in [0, 0.1) is 0 Å². The molecule has 0 aliphatic heterocycles. The molecular weight excluding hydrogens is 434 g/mol. The van der Waals surface area contributed by atoms with Gasteiger partial charge in [0.2, 0.25) is 11.8 Å². The fraction of sp³-hybridized carbons (Fsp3) is 0.818. The number of rotatable bonds is 19. The highest BCUT2D eigenvalue weighted by Gasteiger charge is 2.23. The summed E-state index contributed by atoms with van der Waals surface area (Å²) in [5, 5.41) is 5.19. The SMILES string of the molecule is CCCCCCCCSCC(NC(=O)CCC(N)C(=O)OCC)C(=O)NCC(=O)OCC. The van der Waals surface area contributed by atoms with Crippen molar-refractivity contribution in [2.75, 3.05) is 31.3 Å². The summed E-state index contributed by atoms with van der Waals surface area (Å²) in [5.41, 5.74) is 5.72. The van der Waals surface area contributed by atoms with E-state index in [9.17, 15) is 19.2 Å². The van der Waals surface area contributed by atoms with E-state index in [2.05, 4.69) is 17.6 Å². The molecule has 2 amide bonds. The minimum atomic E-state index is -0.890. The number of thioether (sulfide) groups is 1. The zero-order valence-corrected chi connectivity index (χ0v) is 20.6. The summed E-state index contributed by atoms with van der Waals surface area (Å²) < 4.78 is 9.64. The normalized spacial score (nSPS) is 12.5. The summed E-state index contributed by atoms with van der Waals surface area (Å²) in [6.07, 6.45) is 7.21. The molecule has 4 N–H and O–H groups in total. The van der Waals surface area contributed by atoms with E-state index in [1.54, 1.807) is 25.6 Å². The van der Waals surface area contributed by atoms with Crippen molar-refractivity contribution in [2.45, 2.75) is 84.2 Å². The molecule has 0 saturated heterocycles. The molecule has 0 aliphatic rings. The van der Waals surface area contributed by atoms with E-state index >= 15 is 0 Å². The fourth-order valence-corrected chi connectivity index (χ4v) is 3.83. The molecule has 9 nitrogen and oxygen atoms in total. The molecule has 0 radical (unpaired) electrons. The average molecular weight is 476 g/mol. The van der Waals surface area contributed by atoms with Gasteiger partial charge in [-0.1, -0.05) is 39.0 Å². The highest BCUT2D eigenvalue weighted by molar-refractivity contribution is 7.99. The van der Waals surface area contributed by atoms with E-state index in [1.165, 1.54) is 25.7 Å². The van der Waals surface area contributed by atoms with Gasteiger partial charge in [-0.2, -0.15) is 11.8 Å². The van der Waals surface area contributed by atoms with Crippen LogP contribution in [0.3, 0.4) is 0 Å². The van der Waals surface area contributed by atoms with Gasteiger partial charge in [0.15, 0.2) is 0 Å². The van der Waals surface area contributed by atoms with Crippen molar-refractivity contribution in [3.8, 4) is 0 Å². The lowest BCUT2D eigenvalue weighted by atomic mass is 10.1. The zero-order chi connectivity index (χ0) is 24.2. The van der Waals surface area contributed by atoms with Crippen LogP contribution in [0.2, 0.25) is 0 Å². The van der Waals surface area contributed by atoms with Gasteiger partial charge in [-0.25, -0.2) is 0 Å². The maximum Gasteiger partial charge on any atom is 0.325 e. The Morgan fingerprint density at radius 2 is 1.59 bits per heavy atom. The van der Waals surface area contributed by atoms with E-state index in [0.29, 0.717) is 5.75 Å². The summed E-state index contributed by atoms with van der Waals surface area (Å²) in [4.78, 5) is 47.9. The molecule has 0 saturated carbocycles. The number of nitrogens with one attached hydrogen (secondary N) is 2. The van der Waals surface area contributed by atoms with Gasteiger partial charge >= 0.3 is 11.9 Å². The van der Waals surface area contributed by atoms with Crippen molar-refractivity contribution < 1.29 is 28.7 Å². The highest BCUT2D eigenvalue weighted by Crippen LogP contribution is 2.11. The summed E-state index contributed by atoms with van der Waals surface area (Å²) >= 11 is 1.59. The Labute approximate surface area is 196 Å². The van der Waals surface area contributed by atoms with E-state index in [4.69, 9.17) is 15.2 Å². The van der Waals surface area contributed by atoms with Crippen LogP contribution >= 0.6 is 11.8 Å². The van der Waals surface area contributed by atoms with Gasteiger partial charge in [-0.05, 0) is 32.4 Å². The zero-order valence-electron chi connectivity index (χ0n) is 19.8. The van der Waals surface area contributed by atoms with E-state index in [1.807, 2.05) is 0 Å². The first-order valence-electron chi connectivity index (χ1n) is 11.6. The number of nitrogens with two attached hydrogens (primary N) is 1. The van der Waals surface area contributed by atoms with Crippen LogP contribution in [-0.4, -0.2) is 67.1 Å². The lowest BCUT2D eigenvalue weighted by Gasteiger charge is -2.18. The third-order valence-corrected chi connectivity index (χ3v) is 5.71. The molecular formula is C22H41N3O6S. The number of carbonyl (C=O) groups excluding carboxylic acids is 4. The van der Waals surface area contributed by atoms with Gasteiger partial charge < -0.3 is 25.8 Å². The first-order chi connectivity index (χ1) is 15.3. The molecule has 0 bridgehead atoms. The van der Waals surface area contributed by atoms with Crippen molar-refractivity contribution in [1.82, 2.24) is 10.6 Å². The van der Waals surface area contributed by atoms with E-state index in [-0.39, 0.29) is 38.5 Å². The van der Waals surface area contributed by atoms with Gasteiger partial charge in [0.1, 0.15) is 18.6 Å².